The molecule has 0 unspecified atom stereocenters. The summed E-state index contributed by atoms with van der Waals surface area (Å²) in [6.45, 7) is 5.37. The summed E-state index contributed by atoms with van der Waals surface area (Å²) in [5.41, 5.74) is 2.65. The largest absolute Gasteiger partial charge is 0.496 e. The van der Waals surface area contributed by atoms with Gasteiger partial charge in [0.2, 0.25) is 0 Å². The molecule has 0 fully saturated rings. The van der Waals surface area contributed by atoms with Crippen molar-refractivity contribution in [2.24, 2.45) is 0 Å². The molecule has 0 spiro atoms. The van der Waals surface area contributed by atoms with Crippen LogP contribution >= 0.6 is 0 Å². The number of amides is 1. The summed E-state index contributed by atoms with van der Waals surface area (Å²) >= 11 is 0. The summed E-state index contributed by atoms with van der Waals surface area (Å²) < 4.78 is 5.31. The Kier molecular flexibility index (Phi) is 5.16. The van der Waals surface area contributed by atoms with E-state index in [1.54, 1.807) is 7.11 Å². The molecule has 0 aromatic heterocycles. The zero-order chi connectivity index (χ0) is 13.7. The lowest BCUT2D eigenvalue weighted by Gasteiger charge is -2.14. The Hall–Kier alpha value is -1.55. The summed E-state index contributed by atoms with van der Waals surface area (Å²) in [5, 5.41) is 2.90. The van der Waals surface area contributed by atoms with Gasteiger partial charge in [-0.1, -0.05) is 6.07 Å². The average molecular weight is 250 g/mol. The maximum absolute atomic E-state index is 12.1. The van der Waals surface area contributed by atoms with Gasteiger partial charge in [0.25, 0.3) is 5.91 Å². The molecular weight excluding hydrogens is 228 g/mol. The van der Waals surface area contributed by atoms with Crippen LogP contribution in [0.3, 0.4) is 0 Å². The third kappa shape index (κ3) is 3.74. The van der Waals surface area contributed by atoms with Gasteiger partial charge in [0, 0.05) is 13.1 Å². The van der Waals surface area contributed by atoms with E-state index in [0.717, 1.165) is 17.7 Å². The van der Waals surface area contributed by atoms with Gasteiger partial charge in [-0.2, -0.15) is 0 Å². The molecule has 0 heterocycles. The molecule has 0 saturated carbocycles. The molecule has 0 radical (unpaired) electrons. The van der Waals surface area contributed by atoms with Crippen molar-refractivity contribution in [1.29, 1.82) is 0 Å². The monoisotopic (exact) mass is 250 g/mol. The van der Waals surface area contributed by atoms with Gasteiger partial charge in [0.15, 0.2) is 0 Å². The van der Waals surface area contributed by atoms with Crippen molar-refractivity contribution in [2.75, 3.05) is 34.3 Å². The first-order chi connectivity index (χ1) is 8.45. The number of hydrogen-bond donors (Lipinski definition) is 1. The minimum Gasteiger partial charge on any atom is -0.496 e. The second kappa shape index (κ2) is 6.40. The van der Waals surface area contributed by atoms with E-state index < -0.39 is 0 Å². The average Bonchev–Trinajstić information content (AvgIpc) is 2.27. The Morgan fingerprint density at radius 2 is 2.00 bits per heavy atom. The standard InChI is InChI=1S/C14H22N2O2/c1-10-8-11(2)13(18-5)12(9-10)14(17)15-6-7-16(3)4/h8-9H,6-7H2,1-5H3,(H,15,17). The molecule has 18 heavy (non-hydrogen) atoms. The zero-order valence-electron chi connectivity index (χ0n) is 11.8. The number of likely N-dealkylation sites (N-methyl/N-ethyl adjacent to an activating group) is 1. The number of methoxy groups -OCH3 is 1. The van der Waals surface area contributed by atoms with Crippen LogP contribution in [0.2, 0.25) is 0 Å². The number of rotatable bonds is 5. The van der Waals surface area contributed by atoms with Crippen molar-refractivity contribution < 1.29 is 9.53 Å². The van der Waals surface area contributed by atoms with Crippen LogP contribution in [0.1, 0.15) is 21.5 Å². The topological polar surface area (TPSA) is 41.6 Å². The lowest BCUT2D eigenvalue weighted by molar-refractivity contribution is 0.0948. The number of benzene rings is 1. The number of nitrogens with one attached hydrogen (secondary N) is 1. The van der Waals surface area contributed by atoms with Crippen LogP contribution in [0, 0.1) is 13.8 Å². The Morgan fingerprint density at radius 1 is 1.33 bits per heavy atom. The molecule has 0 saturated heterocycles. The van der Waals surface area contributed by atoms with Crippen LogP contribution in [0.25, 0.3) is 0 Å². The van der Waals surface area contributed by atoms with Crippen molar-refractivity contribution in [2.45, 2.75) is 13.8 Å². The predicted molar refractivity (Wildman–Crippen MR) is 73.4 cm³/mol. The molecule has 1 aromatic carbocycles. The molecule has 0 aliphatic heterocycles. The Labute approximate surface area is 109 Å². The van der Waals surface area contributed by atoms with Gasteiger partial charge in [-0.3, -0.25) is 4.79 Å². The first kappa shape index (κ1) is 14.5. The molecule has 1 amide bonds. The van der Waals surface area contributed by atoms with E-state index in [2.05, 4.69) is 5.32 Å². The summed E-state index contributed by atoms with van der Waals surface area (Å²) in [6.07, 6.45) is 0. The number of carbonyl (C=O) groups is 1. The minimum atomic E-state index is -0.0829. The molecule has 1 N–H and O–H groups in total. The van der Waals surface area contributed by atoms with Crippen LogP contribution in [-0.2, 0) is 0 Å². The zero-order valence-corrected chi connectivity index (χ0v) is 11.8. The van der Waals surface area contributed by atoms with Crippen LogP contribution in [0.5, 0.6) is 5.75 Å². The first-order valence-electron chi connectivity index (χ1n) is 6.04. The second-order valence-electron chi connectivity index (χ2n) is 4.72. The molecule has 0 bridgehead atoms. The van der Waals surface area contributed by atoms with Gasteiger partial charge in [-0.05, 0) is 45.1 Å². The summed E-state index contributed by atoms with van der Waals surface area (Å²) in [5.74, 6) is 0.573. The lowest BCUT2D eigenvalue weighted by atomic mass is 10.0. The van der Waals surface area contributed by atoms with Gasteiger partial charge in [-0.25, -0.2) is 0 Å². The molecular formula is C14H22N2O2. The van der Waals surface area contributed by atoms with E-state index in [1.807, 2.05) is 45.0 Å². The number of nitrogens with zero attached hydrogens (tertiary/aromatic N) is 1. The van der Waals surface area contributed by atoms with Crippen molar-refractivity contribution in [3.63, 3.8) is 0 Å². The van der Waals surface area contributed by atoms with Crippen molar-refractivity contribution >= 4 is 5.91 Å². The van der Waals surface area contributed by atoms with E-state index in [0.29, 0.717) is 17.9 Å². The summed E-state index contributed by atoms with van der Waals surface area (Å²) in [4.78, 5) is 14.1. The summed E-state index contributed by atoms with van der Waals surface area (Å²) in [7, 11) is 5.54. The number of carbonyl (C=O) groups excluding carboxylic acids is 1. The third-order valence-electron chi connectivity index (χ3n) is 2.71. The van der Waals surface area contributed by atoms with Crippen molar-refractivity contribution in [3.8, 4) is 5.75 Å². The highest BCUT2D eigenvalue weighted by molar-refractivity contribution is 5.97. The molecule has 0 aliphatic rings. The van der Waals surface area contributed by atoms with Gasteiger partial charge < -0.3 is 15.0 Å². The van der Waals surface area contributed by atoms with E-state index in [4.69, 9.17) is 4.74 Å². The Morgan fingerprint density at radius 3 is 2.56 bits per heavy atom. The maximum Gasteiger partial charge on any atom is 0.255 e. The van der Waals surface area contributed by atoms with Crippen LogP contribution in [0.15, 0.2) is 12.1 Å². The van der Waals surface area contributed by atoms with Gasteiger partial charge in [0.05, 0.1) is 12.7 Å². The quantitative estimate of drug-likeness (QED) is 0.863. The van der Waals surface area contributed by atoms with Gasteiger partial charge in [-0.15, -0.1) is 0 Å². The number of hydrogen-bond acceptors (Lipinski definition) is 3. The third-order valence-corrected chi connectivity index (χ3v) is 2.71. The lowest BCUT2D eigenvalue weighted by Crippen LogP contribution is -2.31. The smallest absolute Gasteiger partial charge is 0.255 e. The minimum absolute atomic E-state index is 0.0829. The highest BCUT2D eigenvalue weighted by Crippen LogP contribution is 2.24. The second-order valence-corrected chi connectivity index (χ2v) is 4.72. The van der Waals surface area contributed by atoms with Crippen LogP contribution < -0.4 is 10.1 Å². The normalized spacial score (nSPS) is 10.6. The Balaban J connectivity index is 2.84. The van der Waals surface area contributed by atoms with Crippen molar-refractivity contribution in [1.82, 2.24) is 10.2 Å². The maximum atomic E-state index is 12.1. The predicted octanol–water partition coefficient (Wildman–Crippen LogP) is 1.60. The SMILES string of the molecule is COc1c(C)cc(C)cc1C(=O)NCCN(C)C. The fraction of sp³-hybridized carbons (Fsp3) is 0.500. The van der Waals surface area contributed by atoms with E-state index in [9.17, 15) is 4.79 Å². The van der Waals surface area contributed by atoms with Crippen LogP contribution in [0.4, 0.5) is 0 Å². The molecule has 100 valence electrons. The molecule has 0 aliphatic carbocycles. The molecule has 4 heteroatoms. The fourth-order valence-electron chi connectivity index (χ4n) is 1.88. The molecule has 1 rings (SSSR count). The molecule has 0 atom stereocenters. The number of ether oxygens (including phenoxy) is 1. The summed E-state index contributed by atoms with van der Waals surface area (Å²) in [6, 6.07) is 3.87. The Bertz CT molecular complexity index is 428. The highest BCUT2D eigenvalue weighted by atomic mass is 16.5. The van der Waals surface area contributed by atoms with Gasteiger partial charge in [0.1, 0.15) is 5.75 Å². The van der Waals surface area contributed by atoms with E-state index in [1.165, 1.54) is 0 Å². The van der Waals surface area contributed by atoms with E-state index in [-0.39, 0.29) is 5.91 Å². The highest BCUT2D eigenvalue weighted by Gasteiger charge is 2.14. The number of aryl methyl sites for hydroxylation is 2. The van der Waals surface area contributed by atoms with Crippen LogP contribution in [-0.4, -0.2) is 45.1 Å². The van der Waals surface area contributed by atoms with E-state index >= 15 is 0 Å². The van der Waals surface area contributed by atoms with Gasteiger partial charge >= 0.3 is 0 Å². The molecule has 1 aromatic rings. The fourth-order valence-corrected chi connectivity index (χ4v) is 1.88. The first-order valence-corrected chi connectivity index (χ1v) is 6.04. The van der Waals surface area contributed by atoms with Crippen molar-refractivity contribution in [3.05, 3.63) is 28.8 Å². The molecule has 4 nitrogen and oxygen atoms in total.